The summed E-state index contributed by atoms with van der Waals surface area (Å²) >= 11 is 6.26. The number of hydrogen-bond acceptors (Lipinski definition) is 2. The van der Waals surface area contributed by atoms with Gasteiger partial charge in [0.15, 0.2) is 0 Å². The summed E-state index contributed by atoms with van der Waals surface area (Å²) in [6.07, 6.45) is 0.0367. The van der Waals surface area contributed by atoms with Crippen LogP contribution in [-0.4, -0.2) is 27.6 Å². The minimum absolute atomic E-state index is 0.0367. The van der Waals surface area contributed by atoms with Crippen molar-refractivity contribution in [1.29, 1.82) is 0 Å². The first kappa shape index (κ1) is 20.1. The van der Waals surface area contributed by atoms with Crippen LogP contribution >= 0.6 is 11.6 Å². The van der Waals surface area contributed by atoms with Crippen molar-refractivity contribution in [1.82, 2.24) is 14.7 Å². The summed E-state index contributed by atoms with van der Waals surface area (Å²) in [5.74, 6) is -0.494. The fourth-order valence-electron chi connectivity index (χ4n) is 3.17. The number of rotatable bonds is 6. The van der Waals surface area contributed by atoms with E-state index in [9.17, 15) is 9.18 Å². The minimum Gasteiger partial charge on any atom is -0.341 e. The third kappa shape index (κ3) is 4.42. The van der Waals surface area contributed by atoms with Crippen LogP contribution in [0.25, 0.3) is 0 Å². The maximum Gasteiger partial charge on any atom is 0.227 e. The van der Waals surface area contributed by atoms with Gasteiger partial charge in [0, 0.05) is 29.9 Å². The van der Waals surface area contributed by atoms with Crippen LogP contribution in [0.3, 0.4) is 0 Å². The molecule has 4 nitrogen and oxygen atoms in total. The van der Waals surface area contributed by atoms with E-state index in [1.165, 1.54) is 6.07 Å². The molecule has 0 radical (unpaired) electrons. The Morgan fingerprint density at radius 1 is 1.11 bits per heavy atom. The van der Waals surface area contributed by atoms with Crippen LogP contribution in [-0.2, 0) is 24.3 Å². The van der Waals surface area contributed by atoms with Gasteiger partial charge in [0.1, 0.15) is 5.82 Å². The van der Waals surface area contributed by atoms with E-state index in [0.717, 1.165) is 22.5 Å². The van der Waals surface area contributed by atoms with Crippen LogP contribution < -0.4 is 0 Å². The van der Waals surface area contributed by atoms with Crippen molar-refractivity contribution in [2.24, 2.45) is 0 Å². The zero-order chi connectivity index (χ0) is 20.3. The van der Waals surface area contributed by atoms with E-state index >= 15 is 0 Å². The second-order valence-electron chi connectivity index (χ2n) is 6.92. The number of amides is 1. The highest BCUT2D eigenvalue weighted by Gasteiger charge is 2.18. The number of hydrogen-bond donors (Lipinski definition) is 0. The fourth-order valence-corrected chi connectivity index (χ4v) is 3.37. The van der Waals surface area contributed by atoms with Gasteiger partial charge in [0.25, 0.3) is 0 Å². The highest BCUT2D eigenvalue weighted by Crippen LogP contribution is 2.20. The number of benzene rings is 2. The third-order valence-corrected chi connectivity index (χ3v) is 5.30. The Morgan fingerprint density at radius 3 is 2.43 bits per heavy atom. The van der Waals surface area contributed by atoms with Crippen LogP contribution in [0, 0.1) is 19.7 Å². The van der Waals surface area contributed by atoms with Gasteiger partial charge in [-0.05, 0) is 37.1 Å². The van der Waals surface area contributed by atoms with Gasteiger partial charge in [0.05, 0.1) is 18.7 Å². The first-order chi connectivity index (χ1) is 13.4. The average Bonchev–Trinajstić information content (AvgIpc) is 2.92. The lowest BCUT2D eigenvalue weighted by Gasteiger charge is -2.18. The van der Waals surface area contributed by atoms with Crippen LogP contribution in [0.2, 0.25) is 5.02 Å². The molecule has 0 saturated carbocycles. The van der Waals surface area contributed by atoms with Crippen molar-refractivity contribution in [2.45, 2.75) is 33.4 Å². The van der Waals surface area contributed by atoms with Gasteiger partial charge in [-0.15, -0.1) is 0 Å². The molecule has 0 aliphatic heterocycles. The molecule has 0 saturated heterocycles. The topological polar surface area (TPSA) is 38.1 Å². The molecule has 0 unspecified atom stereocenters. The number of aryl methyl sites for hydroxylation is 1. The molecule has 0 atom stereocenters. The van der Waals surface area contributed by atoms with E-state index in [1.54, 1.807) is 30.1 Å². The zero-order valence-electron chi connectivity index (χ0n) is 16.2. The summed E-state index contributed by atoms with van der Waals surface area (Å²) in [5.41, 5.74) is 4.25. The zero-order valence-corrected chi connectivity index (χ0v) is 17.0. The number of carbonyl (C=O) groups excluding carboxylic acids is 1. The Balaban J connectivity index is 1.73. The number of nitrogens with zero attached hydrogens (tertiary/aromatic N) is 3. The Bertz CT molecular complexity index is 999. The average molecular weight is 400 g/mol. The number of likely N-dealkylation sites (N-methyl/N-ethyl adjacent to an activating group) is 1. The standard InChI is InChI=1S/C22H23ClFN3O/c1-15-19(14-26(3)22(28)12-17-8-5-7-11-21(17)24)16(2)27(25-15)13-18-9-4-6-10-20(18)23/h4-11H,12-14H2,1-3H3. The highest BCUT2D eigenvalue weighted by atomic mass is 35.5. The quantitative estimate of drug-likeness (QED) is 0.610. The number of carbonyl (C=O) groups is 1. The second-order valence-corrected chi connectivity index (χ2v) is 7.32. The predicted molar refractivity (Wildman–Crippen MR) is 109 cm³/mol. The van der Waals surface area contributed by atoms with Crippen molar-refractivity contribution in [3.05, 3.63) is 87.4 Å². The largest absolute Gasteiger partial charge is 0.341 e. The molecule has 0 aliphatic carbocycles. The van der Waals surface area contributed by atoms with Gasteiger partial charge in [-0.25, -0.2) is 4.39 Å². The summed E-state index contributed by atoms with van der Waals surface area (Å²) in [4.78, 5) is 14.2. The van der Waals surface area contributed by atoms with Crippen molar-refractivity contribution in [2.75, 3.05) is 7.05 Å². The van der Waals surface area contributed by atoms with Crippen molar-refractivity contribution in [3.63, 3.8) is 0 Å². The van der Waals surface area contributed by atoms with E-state index in [1.807, 2.05) is 42.8 Å². The molecule has 3 aromatic rings. The lowest BCUT2D eigenvalue weighted by Crippen LogP contribution is -2.28. The summed E-state index contributed by atoms with van der Waals surface area (Å²) < 4.78 is 15.7. The number of aromatic nitrogens is 2. The molecule has 0 N–H and O–H groups in total. The Labute approximate surface area is 169 Å². The molecule has 1 amide bonds. The van der Waals surface area contributed by atoms with Gasteiger partial charge in [-0.3, -0.25) is 9.48 Å². The van der Waals surface area contributed by atoms with E-state index in [2.05, 4.69) is 5.10 Å². The SMILES string of the molecule is Cc1nn(Cc2ccccc2Cl)c(C)c1CN(C)C(=O)Cc1ccccc1F. The maximum absolute atomic E-state index is 13.8. The maximum atomic E-state index is 13.8. The lowest BCUT2D eigenvalue weighted by molar-refractivity contribution is -0.129. The Kier molecular flexibility index (Phi) is 6.15. The van der Waals surface area contributed by atoms with E-state index in [4.69, 9.17) is 11.6 Å². The fraction of sp³-hybridized carbons (Fsp3) is 0.273. The second kappa shape index (κ2) is 8.57. The molecule has 146 valence electrons. The summed E-state index contributed by atoms with van der Waals surface area (Å²) in [6, 6.07) is 14.0. The van der Waals surface area contributed by atoms with E-state index in [-0.39, 0.29) is 18.1 Å². The molecule has 6 heteroatoms. The summed E-state index contributed by atoms with van der Waals surface area (Å²) in [7, 11) is 1.73. The van der Waals surface area contributed by atoms with Gasteiger partial charge < -0.3 is 4.90 Å². The Morgan fingerprint density at radius 2 is 1.75 bits per heavy atom. The molecule has 2 aromatic carbocycles. The first-order valence-electron chi connectivity index (χ1n) is 9.10. The first-order valence-corrected chi connectivity index (χ1v) is 9.48. The number of halogens is 2. The lowest BCUT2D eigenvalue weighted by atomic mass is 10.1. The molecule has 1 heterocycles. The van der Waals surface area contributed by atoms with Crippen LogP contribution in [0.15, 0.2) is 48.5 Å². The normalized spacial score (nSPS) is 10.9. The Hall–Kier alpha value is -2.66. The van der Waals surface area contributed by atoms with Crippen LogP contribution in [0.5, 0.6) is 0 Å². The molecular formula is C22H23ClFN3O. The molecule has 0 aliphatic rings. The van der Waals surface area contributed by atoms with Gasteiger partial charge in [0.2, 0.25) is 5.91 Å². The molecular weight excluding hydrogens is 377 g/mol. The highest BCUT2D eigenvalue weighted by molar-refractivity contribution is 6.31. The van der Waals surface area contributed by atoms with Gasteiger partial charge in [-0.1, -0.05) is 48.0 Å². The molecule has 1 aromatic heterocycles. The smallest absolute Gasteiger partial charge is 0.227 e. The van der Waals surface area contributed by atoms with Crippen LogP contribution in [0.4, 0.5) is 4.39 Å². The summed E-state index contributed by atoms with van der Waals surface area (Å²) in [6.45, 7) is 4.91. The monoisotopic (exact) mass is 399 g/mol. The van der Waals surface area contributed by atoms with Crippen molar-refractivity contribution < 1.29 is 9.18 Å². The van der Waals surface area contributed by atoms with Crippen molar-refractivity contribution in [3.8, 4) is 0 Å². The van der Waals surface area contributed by atoms with E-state index in [0.29, 0.717) is 23.7 Å². The predicted octanol–water partition coefficient (Wildman–Crippen LogP) is 4.54. The third-order valence-electron chi connectivity index (χ3n) is 4.93. The summed E-state index contributed by atoms with van der Waals surface area (Å²) in [5, 5.41) is 5.32. The van der Waals surface area contributed by atoms with Gasteiger partial charge >= 0.3 is 0 Å². The molecule has 0 fully saturated rings. The molecule has 0 bridgehead atoms. The van der Waals surface area contributed by atoms with Crippen molar-refractivity contribution >= 4 is 17.5 Å². The molecule has 3 rings (SSSR count). The minimum atomic E-state index is -0.357. The van der Waals surface area contributed by atoms with Gasteiger partial charge in [-0.2, -0.15) is 5.10 Å². The van der Waals surface area contributed by atoms with Crippen LogP contribution in [0.1, 0.15) is 28.1 Å². The van der Waals surface area contributed by atoms with E-state index < -0.39 is 0 Å². The molecule has 28 heavy (non-hydrogen) atoms. The molecule has 0 spiro atoms.